The molecule has 0 atom stereocenters. The molecule has 1 aromatic carbocycles. The molecule has 1 aromatic heterocycles. The maximum atomic E-state index is 5.22. The lowest BCUT2D eigenvalue weighted by Crippen LogP contribution is -2.45. The SMILES string of the molecule is COc1ccc(N2CCN(Cc3sc(C)nc3C)CC2)cc1. The van der Waals surface area contributed by atoms with E-state index >= 15 is 0 Å². The van der Waals surface area contributed by atoms with Crippen LogP contribution in [0, 0.1) is 13.8 Å². The lowest BCUT2D eigenvalue weighted by molar-refractivity contribution is 0.251. The molecule has 0 amide bonds. The Kier molecular flexibility index (Phi) is 4.64. The third-order valence-corrected chi connectivity index (χ3v) is 5.23. The fourth-order valence-corrected chi connectivity index (χ4v) is 3.86. The topological polar surface area (TPSA) is 28.6 Å². The van der Waals surface area contributed by atoms with Crippen LogP contribution in [0.5, 0.6) is 5.75 Å². The number of aromatic nitrogens is 1. The Balaban J connectivity index is 1.56. The summed E-state index contributed by atoms with van der Waals surface area (Å²) in [6.45, 7) is 9.58. The maximum absolute atomic E-state index is 5.22. The second-order valence-electron chi connectivity index (χ2n) is 5.70. The average molecular weight is 317 g/mol. The van der Waals surface area contributed by atoms with E-state index in [1.54, 1.807) is 7.11 Å². The quantitative estimate of drug-likeness (QED) is 0.866. The molecule has 5 heteroatoms. The third-order valence-electron chi connectivity index (χ3n) is 4.18. The van der Waals surface area contributed by atoms with Crippen molar-refractivity contribution in [1.29, 1.82) is 0 Å². The van der Waals surface area contributed by atoms with Gasteiger partial charge in [-0.1, -0.05) is 0 Å². The van der Waals surface area contributed by atoms with E-state index in [0.717, 1.165) is 38.5 Å². The van der Waals surface area contributed by atoms with Gasteiger partial charge in [-0.25, -0.2) is 4.98 Å². The van der Waals surface area contributed by atoms with Crippen molar-refractivity contribution in [1.82, 2.24) is 9.88 Å². The fourth-order valence-electron chi connectivity index (χ4n) is 2.88. The number of thiazole rings is 1. The summed E-state index contributed by atoms with van der Waals surface area (Å²) < 4.78 is 5.22. The molecule has 1 aliphatic heterocycles. The lowest BCUT2D eigenvalue weighted by atomic mass is 10.2. The Morgan fingerprint density at radius 2 is 1.77 bits per heavy atom. The average Bonchev–Trinajstić information content (AvgIpc) is 2.86. The van der Waals surface area contributed by atoms with E-state index in [1.165, 1.54) is 21.3 Å². The van der Waals surface area contributed by atoms with Crippen molar-refractivity contribution in [3.63, 3.8) is 0 Å². The van der Waals surface area contributed by atoms with Crippen molar-refractivity contribution in [3.8, 4) is 5.75 Å². The number of hydrogen-bond donors (Lipinski definition) is 0. The summed E-state index contributed by atoms with van der Waals surface area (Å²) in [4.78, 5) is 10.9. The molecule has 22 heavy (non-hydrogen) atoms. The Morgan fingerprint density at radius 3 is 2.32 bits per heavy atom. The molecular formula is C17H23N3OS. The normalized spacial score (nSPS) is 16.0. The van der Waals surface area contributed by atoms with Gasteiger partial charge in [0.15, 0.2) is 0 Å². The summed E-state index contributed by atoms with van der Waals surface area (Å²) in [5.74, 6) is 0.915. The van der Waals surface area contributed by atoms with E-state index in [2.05, 4.69) is 40.8 Å². The molecule has 1 fully saturated rings. The second-order valence-corrected chi connectivity index (χ2v) is 6.99. The minimum Gasteiger partial charge on any atom is -0.497 e. The molecule has 0 N–H and O–H groups in total. The molecule has 0 spiro atoms. The number of rotatable bonds is 4. The Bertz CT molecular complexity index is 615. The molecule has 1 saturated heterocycles. The van der Waals surface area contributed by atoms with Gasteiger partial charge >= 0.3 is 0 Å². The van der Waals surface area contributed by atoms with Crippen LogP contribution in [-0.2, 0) is 6.54 Å². The van der Waals surface area contributed by atoms with Crippen LogP contribution in [0.2, 0.25) is 0 Å². The first-order valence-electron chi connectivity index (χ1n) is 7.70. The number of methoxy groups -OCH3 is 1. The van der Waals surface area contributed by atoms with Gasteiger partial charge in [0.05, 0.1) is 17.8 Å². The highest BCUT2D eigenvalue weighted by molar-refractivity contribution is 7.11. The van der Waals surface area contributed by atoms with E-state index in [4.69, 9.17) is 4.74 Å². The molecule has 4 nitrogen and oxygen atoms in total. The van der Waals surface area contributed by atoms with Crippen molar-refractivity contribution < 1.29 is 4.74 Å². The second kappa shape index (κ2) is 6.67. The van der Waals surface area contributed by atoms with Crippen LogP contribution in [0.3, 0.4) is 0 Å². The highest BCUT2D eigenvalue weighted by Crippen LogP contribution is 2.23. The number of piperazine rings is 1. The van der Waals surface area contributed by atoms with Gasteiger partial charge in [-0.15, -0.1) is 11.3 Å². The molecule has 0 bridgehead atoms. The summed E-state index contributed by atoms with van der Waals surface area (Å²) in [5, 5.41) is 1.17. The van der Waals surface area contributed by atoms with Crippen molar-refractivity contribution >= 4 is 17.0 Å². The van der Waals surface area contributed by atoms with Crippen LogP contribution in [0.25, 0.3) is 0 Å². The fraction of sp³-hybridized carbons (Fsp3) is 0.471. The van der Waals surface area contributed by atoms with Crippen molar-refractivity contribution in [2.24, 2.45) is 0 Å². The van der Waals surface area contributed by atoms with Crippen LogP contribution in [-0.4, -0.2) is 43.2 Å². The summed E-state index contributed by atoms with van der Waals surface area (Å²) in [6, 6.07) is 8.35. The highest BCUT2D eigenvalue weighted by atomic mass is 32.1. The van der Waals surface area contributed by atoms with Crippen LogP contribution in [0.1, 0.15) is 15.6 Å². The number of ether oxygens (including phenoxy) is 1. The Labute approximate surface area is 136 Å². The van der Waals surface area contributed by atoms with Gasteiger partial charge in [0.2, 0.25) is 0 Å². The summed E-state index contributed by atoms with van der Waals surface area (Å²) in [5.41, 5.74) is 2.48. The van der Waals surface area contributed by atoms with E-state index in [-0.39, 0.29) is 0 Å². The predicted molar refractivity (Wildman–Crippen MR) is 92.1 cm³/mol. The molecule has 0 radical (unpaired) electrons. The summed E-state index contributed by atoms with van der Waals surface area (Å²) in [6.07, 6.45) is 0. The van der Waals surface area contributed by atoms with Crippen LogP contribution in [0.4, 0.5) is 5.69 Å². The van der Waals surface area contributed by atoms with Gasteiger partial charge in [-0.3, -0.25) is 4.90 Å². The highest BCUT2D eigenvalue weighted by Gasteiger charge is 2.19. The standard InChI is InChI=1S/C17H23N3OS/c1-13-17(22-14(2)18-13)12-19-8-10-20(11-9-19)15-4-6-16(21-3)7-5-15/h4-7H,8-12H2,1-3H3. The number of benzene rings is 1. The van der Waals surface area contributed by atoms with Gasteiger partial charge in [0, 0.05) is 43.3 Å². The molecule has 3 rings (SSSR count). The smallest absolute Gasteiger partial charge is 0.119 e. The molecule has 0 aliphatic carbocycles. The summed E-state index contributed by atoms with van der Waals surface area (Å²) in [7, 11) is 1.71. The minimum absolute atomic E-state index is 0.915. The number of anilines is 1. The van der Waals surface area contributed by atoms with E-state index in [0.29, 0.717) is 0 Å². The van der Waals surface area contributed by atoms with E-state index in [9.17, 15) is 0 Å². The molecule has 0 saturated carbocycles. The monoisotopic (exact) mass is 317 g/mol. The molecular weight excluding hydrogens is 294 g/mol. The Morgan fingerprint density at radius 1 is 1.09 bits per heavy atom. The third kappa shape index (κ3) is 3.42. The van der Waals surface area contributed by atoms with Crippen LogP contribution >= 0.6 is 11.3 Å². The summed E-state index contributed by atoms with van der Waals surface area (Å²) >= 11 is 1.83. The minimum atomic E-state index is 0.915. The zero-order valence-electron chi connectivity index (χ0n) is 13.5. The van der Waals surface area contributed by atoms with Gasteiger partial charge < -0.3 is 9.64 Å². The first-order valence-corrected chi connectivity index (χ1v) is 8.51. The van der Waals surface area contributed by atoms with Crippen LogP contribution in [0.15, 0.2) is 24.3 Å². The van der Waals surface area contributed by atoms with Crippen molar-refractivity contribution in [3.05, 3.63) is 39.8 Å². The van der Waals surface area contributed by atoms with Gasteiger partial charge in [0.1, 0.15) is 5.75 Å². The van der Waals surface area contributed by atoms with E-state index in [1.807, 2.05) is 23.5 Å². The maximum Gasteiger partial charge on any atom is 0.119 e. The van der Waals surface area contributed by atoms with Crippen molar-refractivity contribution in [2.45, 2.75) is 20.4 Å². The molecule has 0 unspecified atom stereocenters. The molecule has 118 valence electrons. The lowest BCUT2D eigenvalue weighted by Gasteiger charge is -2.36. The zero-order valence-corrected chi connectivity index (χ0v) is 14.3. The predicted octanol–water partition coefficient (Wildman–Crippen LogP) is 3.09. The zero-order chi connectivity index (χ0) is 15.5. The van der Waals surface area contributed by atoms with Gasteiger partial charge in [-0.05, 0) is 38.1 Å². The first-order chi connectivity index (χ1) is 10.7. The van der Waals surface area contributed by atoms with E-state index < -0.39 is 0 Å². The van der Waals surface area contributed by atoms with Crippen molar-refractivity contribution in [2.75, 3.05) is 38.2 Å². The molecule has 2 aromatic rings. The first kappa shape index (κ1) is 15.3. The Hall–Kier alpha value is -1.59. The number of hydrogen-bond acceptors (Lipinski definition) is 5. The van der Waals surface area contributed by atoms with Gasteiger partial charge in [0.25, 0.3) is 0 Å². The van der Waals surface area contributed by atoms with Gasteiger partial charge in [-0.2, -0.15) is 0 Å². The largest absolute Gasteiger partial charge is 0.497 e. The van der Waals surface area contributed by atoms with Crippen LogP contribution < -0.4 is 9.64 Å². The molecule has 1 aliphatic rings. The number of nitrogens with zero attached hydrogens (tertiary/aromatic N) is 3. The molecule has 2 heterocycles. The number of aryl methyl sites for hydroxylation is 2.